The Morgan fingerprint density at radius 1 is 1.00 bits per heavy atom. The SMILES string of the molecule is CC(C)(C)CNC(=O)c1cc(C(=O)OS(C)(=O)=O)c(-c2ccccc2C(=O)Nc2ccc(C(=N)N)cc2)o1. The van der Waals surface area contributed by atoms with E-state index in [0.717, 1.165) is 6.07 Å². The Morgan fingerprint density at radius 2 is 1.63 bits per heavy atom. The number of amides is 2. The van der Waals surface area contributed by atoms with Gasteiger partial charge in [-0.15, -0.1) is 0 Å². The van der Waals surface area contributed by atoms with Crippen molar-refractivity contribution in [2.75, 3.05) is 18.1 Å². The van der Waals surface area contributed by atoms with Gasteiger partial charge in [-0.1, -0.05) is 39.0 Å². The largest absolute Gasteiger partial charge is 0.450 e. The molecule has 5 N–H and O–H groups in total. The molecule has 0 aliphatic carbocycles. The van der Waals surface area contributed by atoms with Gasteiger partial charge in [0.2, 0.25) is 0 Å². The molecule has 0 radical (unpaired) electrons. The molecule has 3 aromatic rings. The van der Waals surface area contributed by atoms with Gasteiger partial charge in [0.1, 0.15) is 17.2 Å². The lowest BCUT2D eigenvalue weighted by Crippen LogP contribution is -2.32. The molecule has 0 spiro atoms. The normalized spacial score (nSPS) is 11.5. The number of hydrogen-bond acceptors (Lipinski definition) is 8. The number of carbonyl (C=O) groups is 3. The molecule has 12 heteroatoms. The number of rotatable bonds is 8. The second kappa shape index (κ2) is 10.9. The van der Waals surface area contributed by atoms with Crippen LogP contribution in [0.15, 0.2) is 59.0 Å². The van der Waals surface area contributed by atoms with E-state index in [9.17, 15) is 22.8 Å². The highest BCUT2D eigenvalue weighted by molar-refractivity contribution is 7.86. The highest BCUT2D eigenvalue weighted by Gasteiger charge is 2.28. The lowest BCUT2D eigenvalue weighted by Gasteiger charge is -2.17. The summed E-state index contributed by atoms with van der Waals surface area (Å²) in [6.07, 6.45) is 0.709. The molecule has 200 valence electrons. The van der Waals surface area contributed by atoms with Crippen LogP contribution in [0, 0.1) is 10.8 Å². The van der Waals surface area contributed by atoms with Gasteiger partial charge in [-0.3, -0.25) is 15.0 Å². The Labute approximate surface area is 220 Å². The van der Waals surface area contributed by atoms with Gasteiger partial charge < -0.3 is 25.0 Å². The van der Waals surface area contributed by atoms with Crippen molar-refractivity contribution in [3.8, 4) is 11.3 Å². The van der Waals surface area contributed by atoms with Gasteiger partial charge in [0, 0.05) is 29.4 Å². The van der Waals surface area contributed by atoms with Crippen molar-refractivity contribution < 1.29 is 31.4 Å². The summed E-state index contributed by atoms with van der Waals surface area (Å²) in [5.74, 6) is -3.07. The molecule has 11 nitrogen and oxygen atoms in total. The molecule has 2 aromatic carbocycles. The van der Waals surface area contributed by atoms with Crippen LogP contribution < -0.4 is 16.4 Å². The number of benzene rings is 2. The number of anilines is 1. The van der Waals surface area contributed by atoms with E-state index in [4.69, 9.17) is 15.6 Å². The highest BCUT2D eigenvalue weighted by atomic mass is 32.2. The minimum Gasteiger partial charge on any atom is -0.450 e. The van der Waals surface area contributed by atoms with Gasteiger partial charge in [-0.25, -0.2) is 4.79 Å². The zero-order valence-electron chi connectivity index (χ0n) is 21.2. The number of hydrogen-bond donors (Lipinski definition) is 4. The van der Waals surface area contributed by atoms with Crippen LogP contribution in [0.5, 0.6) is 0 Å². The molecule has 1 aromatic heterocycles. The smallest absolute Gasteiger partial charge is 0.357 e. The standard InChI is InChI=1S/C26H28N4O7S/c1-26(2,3)14-29-24(32)20-13-19(25(33)37-38(4,34)35)21(36-20)17-7-5-6-8-18(17)23(31)30-16-11-9-15(10-12-16)22(27)28/h5-13H,14H2,1-4H3,(H3,27,28)(H,29,32)(H,30,31). The van der Waals surface area contributed by atoms with Crippen LogP contribution in [-0.2, 0) is 14.3 Å². The van der Waals surface area contributed by atoms with E-state index < -0.39 is 27.9 Å². The highest BCUT2D eigenvalue weighted by Crippen LogP contribution is 2.32. The maximum atomic E-state index is 13.2. The Balaban J connectivity index is 2.03. The lowest BCUT2D eigenvalue weighted by atomic mass is 9.97. The molecule has 0 fully saturated rings. The molecule has 0 bridgehead atoms. The summed E-state index contributed by atoms with van der Waals surface area (Å²) in [4.78, 5) is 38.7. The minimum absolute atomic E-state index is 0.0764. The Bertz CT molecular complexity index is 1500. The van der Waals surface area contributed by atoms with Gasteiger partial charge in [0.25, 0.3) is 11.8 Å². The Kier molecular flexibility index (Phi) is 8.06. The number of furan rings is 1. The molecular weight excluding hydrogens is 512 g/mol. The number of nitrogens with two attached hydrogens (primary N) is 1. The zero-order valence-corrected chi connectivity index (χ0v) is 22.1. The molecule has 38 heavy (non-hydrogen) atoms. The fraction of sp³-hybridized carbons (Fsp3) is 0.231. The van der Waals surface area contributed by atoms with Crippen LogP contribution in [0.1, 0.15) is 57.6 Å². The van der Waals surface area contributed by atoms with Crippen molar-refractivity contribution >= 4 is 39.4 Å². The van der Waals surface area contributed by atoms with Crippen LogP contribution >= 0.6 is 0 Å². The van der Waals surface area contributed by atoms with E-state index in [1.807, 2.05) is 20.8 Å². The zero-order chi connectivity index (χ0) is 28.3. The third-order valence-electron chi connectivity index (χ3n) is 5.05. The summed E-state index contributed by atoms with van der Waals surface area (Å²) in [7, 11) is -4.18. The summed E-state index contributed by atoms with van der Waals surface area (Å²) in [5.41, 5.74) is 5.97. The predicted octanol–water partition coefficient (Wildman–Crippen LogP) is 3.38. The molecule has 0 atom stereocenters. The summed E-state index contributed by atoms with van der Waals surface area (Å²) < 4.78 is 33.5. The van der Waals surface area contributed by atoms with Crippen molar-refractivity contribution in [3.05, 3.63) is 77.0 Å². The second-order valence-corrected chi connectivity index (χ2v) is 11.2. The molecule has 0 saturated heterocycles. The Hall–Kier alpha value is -4.45. The molecule has 0 aliphatic rings. The molecular formula is C26H28N4O7S. The number of amidine groups is 1. The van der Waals surface area contributed by atoms with Gasteiger partial charge in [0.05, 0.1) is 11.8 Å². The van der Waals surface area contributed by atoms with Crippen molar-refractivity contribution in [1.29, 1.82) is 5.41 Å². The molecule has 0 saturated carbocycles. The van der Waals surface area contributed by atoms with E-state index in [1.54, 1.807) is 36.4 Å². The first-order valence-corrected chi connectivity index (χ1v) is 13.2. The first-order chi connectivity index (χ1) is 17.6. The lowest BCUT2D eigenvalue weighted by molar-refractivity contribution is 0.0748. The average molecular weight is 541 g/mol. The Morgan fingerprint density at radius 3 is 2.21 bits per heavy atom. The molecule has 1 heterocycles. The molecule has 3 rings (SSSR count). The van der Waals surface area contributed by atoms with Crippen molar-refractivity contribution in [2.45, 2.75) is 20.8 Å². The first-order valence-electron chi connectivity index (χ1n) is 11.4. The summed E-state index contributed by atoms with van der Waals surface area (Å²) in [5, 5.41) is 12.9. The topological polar surface area (TPSA) is 182 Å². The van der Waals surface area contributed by atoms with Gasteiger partial charge >= 0.3 is 16.1 Å². The van der Waals surface area contributed by atoms with E-state index in [2.05, 4.69) is 14.8 Å². The van der Waals surface area contributed by atoms with Crippen LogP contribution in [0.25, 0.3) is 11.3 Å². The van der Waals surface area contributed by atoms with Gasteiger partial charge in [0.15, 0.2) is 5.76 Å². The van der Waals surface area contributed by atoms with Gasteiger partial charge in [-0.05, 0) is 35.7 Å². The maximum absolute atomic E-state index is 13.2. The van der Waals surface area contributed by atoms with E-state index in [1.165, 1.54) is 12.1 Å². The van der Waals surface area contributed by atoms with Crippen LogP contribution in [0.4, 0.5) is 5.69 Å². The van der Waals surface area contributed by atoms with Crippen molar-refractivity contribution in [3.63, 3.8) is 0 Å². The summed E-state index contributed by atoms with van der Waals surface area (Å²) in [6, 6.07) is 13.5. The van der Waals surface area contributed by atoms with E-state index in [0.29, 0.717) is 24.1 Å². The van der Waals surface area contributed by atoms with E-state index >= 15 is 0 Å². The molecule has 0 aliphatic heterocycles. The quantitative estimate of drug-likeness (QED) is 0.190. The minimum atomic E-state index is -4.18. The first kappa shape index (κ1) is 28.1. The van der Waals surface area contributed by atoms with Gasteiger partial charge in [-0.2, -0.15) is 8.42 Å². The van der Waals surface area contributed by atoms with Crippen LogP contribution in [0.2, 0.25) is 0 Å². The third kappa shape index (κ3) is 7.29. The second-order valence-electron chi connectivity index (χ2n) is 9.66. The van der Waals surface area contributed by atoms with Crippen molar-refractivity contribution in [2.24, 2.45) is 11.1 Å². The monoisotopic (exact) mass is 540 g/mol. The number of nitrogen functional groups attached to an aromatic ring is 1. The van der Waals surface area contributed by atoms with Crippen LogP contribution in [0.3, 0.4) is 0 Å². The fourth-order valence-corrected chi connectivity index (χ4v) is 3.64. The predicted molar refractivity (Wildman–Crippen MR) is 142 cm³/mol. The van der Waals surface area contributed by atoms with Crippen molar-refractivity contribution in [1.82, 2.24) is 5.32 Å². The van der Waals surface area contributed by atoms with Crippen LogP contribution in [-0.4, -0.2) is 44.8 Å². The van der Waals surface area contributed by atoms with E-state index in [-0.39, 0.29) is 39.5 Å². The maximum Gasteiger partial charge on any atom is 0.357 e. The number of nitrogens with one attached hydrogen (secondary N) is 3. The summed E-state index contributed by atoms with van der Waals surface area (Å²) >= 11 is 0. The average Bonchev–Trinajstić information content (AvgIpc) is 3.27. The summed E-state index contributed by atoms with van der Waals surface area (Å²) in [6.45, 7) is 6.04. The number of carbonyl (C=O) groups excluding carboxylic acids is 3. The molecule has 0 unspecified atom stereocenters. The fourth-order valence-electron chi connectivity index (χ4n) is 3.28. The third-order valence-corrected chi connectivity index (χ3v) is 5.51. The molecule has 2 amide bonds.